The first-order valence-corrected chi connectivity index (χ1v) is 6.31. The van der Waals surface area contributed by atoms with Crippen LogP contribution in [-0.2, 0) is 11.3 Å². The Hall–Kier alpha value is -1.82. The second-order valence-electron chi connectivity index (χ2n) is 5.03. The molecule has 1 aromatic heterocycles. The Morgan fingerprint density at radius 3 is 2.79 bits per heavy atom. The predicted molar refractivity (Wildman–Crippen MR) is 69.2 cm³/mol. The van der Waals surface area contributed by atoms with Crippen LogP contribution in [0.5, 0.6) is 5.75 Å². The van der Waals surface area contributed by atoms with Crippen molar-refractivity contribution in [2.45, 2.75) is 31.8 Å². The van der Waals surface area contributed by atoms with Crippen molar-refractivity contribution in [3.63, 3.8) is 0 Å². The lowest BCUT2D eigenvalue weighted by molar-refractivity contribution is -0.137. The van der Waals surface area contributed by atoms with Crippen molar-refractivity contribution in [3.8, 4) is 5.75 Å². The molecule has 1 saturated carbocycles. The Morgan fingerprint density at radius 2 is 2.21 bits per heavy atom. The summed E-state index contributed by atoms with van der Waals surface area (Å²) in [5.41, 5.74) is 0.428. The molecule has 0 spiro atoms. The van der Waals surface area contributed by atoms with Crippen LogP contribution in [0.25, 0.3) is 0 Å². The number of aromatic nitrogens is 1. The van der Waals surface area contributed by atoms with Crippen LogP contribution in [0, 0.1) is 0 Å². The summed E-state index contributed by atoms with van der Waals surface area (Å²) in [5, 5.41) is 18.1. The molecule has 1 aliphatic carbocycles. The molecule has 2 rings (SSSR count). The van der Waals surface area contributed by atoms with Gasteiger partial charge < -0.3 is 19.7 Å². The van der Waals surface area contributed by atoms with Crippen LogP contribution in [0.1, 0.15) is 31.0 Å². The maximum absolute atomic E-state index is 11.5. The molecule has 0 saturated heterocycles. The molecule has 0 aliphatic heterocycles. The van der Waals surface area contributed by atoms with Gasteiger partial charge in [-0.2, -0.15) is 0 Å². The molecule has 0 unspecified atom stereocenters. The zero-order valence-electron chi connectivity index (χ0n) is 10.9. The summed E-state index contributed by atoms with van der Waals surface area (Å²) in [6.45, 7) is 0.925. The number of carboxylic acids is 1. The van der Waals surface area contributed by atoms with Crippen molar-refractivity contribution >= 4 is 5.97 Å². The van der Waals surface area contributed by atoms with Crippen molar-refractivity contribution in [3.05, 3.63) is 28.2 Å². The standard InChI is InChI=1S/C13H18N2O4/c1-14(5-4-13(18)19)7-10-6-11(16)12(17)8-15(10)9-2-3-9/h6,8-9,17H,2-5,7H2,1H3,(H,18,19). The molecule has 0 aromatic carbocycles. The first-order chi connectivity index (χ1) is 8.97. The van der Waals surface area contributed by atoms with Crippen molar-refractivity contribution < 1.29 is 15.0 Å². The van der Waals surface area contributed by atoms with Gasteiger partial charge in [0.1, 0.15) is 0 Å². The monoisotopic (exact) mass is 266 g/mol. The molecular formula is C13H18N2O4. The summed E-state index contributed by atoms with van der Waals surface area (Å²) < 4.78 is 1.92. The minimum absolute atomic E-state index is 0.0717. The molecular weight excluding hydrogens is 248 g/mol. The molecule has 6 heteroatoms. The van der Waals surface area contributed by atoms with E-state index in [0.717, 1.165) is 18.5 Å². The minimum Gasteiger partial charge on any atom is -0.503 e. The molecule has 0 amide bonds. The third-order valence-electron chi connectivity index (χ3n) is 3.22. The van der Waals surface area contributed by atoms with E-state index in [1.165, 1.54) is 12.3 Å². The highest BCUT2D eigenvalue weighted by Gasteiger charge is 2.25. The van der Waals surface area contributed by atoms with Crippen LogP contribution in [0.4, 0.5) is 0 Å². The third kappa shape index (κ3) is 3.57. The van der Waals surface area contributed by atoms with E-state index in [9.17, 15) is 14.7 Å². The fraction of sp³-hybridized carbons (Fsp3) is 0.538. The highest BCUT2D eigenvalue weighted by molar-refractivity contribution is 5.66. The van der Waals surface area contributed by atoms with Gasteiger partial charge in [-0.25, -0.2) is 0 Å². The summed E-state index contributed by atoms with van der Waals surface area (Å²) in [6.07, 6.45) is 3.66. The lowest BCUT2D eigenvalue weighted by Crippen LogP contribution is -2.24. The summed E-state index contributed by atoms with van der Waals surface area (Å²) in [5.74, 6) is -1.07. The maximum Gasteiger partial charge on any atom is 0.304 e. The topological polar surface area (TPSA) is 82.8 Å². The van der Waals surface area contributed by atoms with Crippen molar-refractivity contribution in [2.24, 2.45) is 0 Å². The first kappa shape index (κ1) is 13.6. The number of carbonyl (C=O) groups is 1. The molecule has 0 atom stereocenters. The van der Waals surface area contributed by atoms with Crippen LogP contribution in [0.3, 0.4) is 0 Å². The SMILES string of the molecule is CN(CCC(=O)O)Cc1cc(=O)c(O)cn1C1CC1. The molecule has 1 aliphatic rings. The largest absolute Gasteiger partial charge is 0.503 e. The summed E-state index contributed by atoms with van der Waals surface area (Å²) in [4.78, 5) is 23.9. The summed E-state index contributed by atoms with van der Waals surface area (Å²) in [6, 6.07) is 1.79. The zero-order chi connectivity index (χ0) is 14.0. The van der Waals surface area contributed by atoms with Crippen LogP contribution in [0.15, 0.2) is 17.1 Å². The van der Waals surface area contributed by atoms with Crippen molar-refractivity contribution in [2.75, 3.05) is 13.6 Å². The van der Waals surface area contributed by atoms with E-state index < -0.39 is 11.4 Å². The van der Waals surface area contributed by atoms with E-state index >= 15 is 0 Å². The summed E-state index contributed by atoms with van der Waals surface area (Å²) in [7, 11) is 1.82. The maximum atomic E-state index is 11.5. The molecule has 6 nitrogen and oxygen atoms in total. The number of hydrogen-bond acceptors (Lipinski definition) is 4. The van der Waals surface area contributed by atoms with Crippen LogP contribution in [0.2, 0.25) is 0 Å². The number of aromatic hydroxyl groups is 1. The third-order valence-corrected chi connectivity index (χ3v) is 3.22. The summed E-state index contributed by atoms with van der Waals surface area (Å²) >= 11 is 0. The van der Waals surface area contributed by atoms with Gasteiger partial charge in [-0.1, -0.05) is 0 Å². The van der Waals surface area contributed by atoms with Crippen LogP contribution < -0.4 is 5.43 Å². The lowest BCUT2D eigenvalue weighted by atomic mass is 10.2. The van der Waals surface area contributed by atoms with Crippen LogP contribution in [-0.4, -0.2) is 39.2 Å². The van der Waals surface area contributed by atoms with E-state index in [0.29, 0.717) is 19.1 Å². The lowest BCUT2D eigenvalue weighted by Gasteiger charge is -2.19. The van der Waals surface area contributed by atoms with Gasteiger partial charge in [0.05, 0.1) is 12.6 Å². The van der Waals surface area contributed by atoms with Crippen LogP contribution >= 0.6 is 0 Å². The molecule has 104 valence electrons. The highest BCUT2D eigenvalue weighted by Crippen LogP contribution is 2.36. The number of nitrogens with zero attached hydrogens (tertiary/aromatic N) is 2. The second kappa shape index (κ2) is 5.44. The number of pyridine rings is 1. The fourth-order valence-corrected chi connectivity index (χ4v) is 2.04. The molecule has 19 heavy (non-hydrogen) atoms. The van der Waals surface area contributed by atoms with Gasteiger partial charge in [0.2, 0.25) is 5.43 Å². The normalized spacial score (nSPS) is 14.8. The van der Waals surface area contributed by atoms with E-state index in [-0.39, 0.29) is 12.2 Å². The number of aliphatic carboxylic acids is 1. The molecule has 1 aromatic rings. The number of hydrogen-bond donors (Lipinski definition) is 2. The van der Waals surface area contributed by atoms with E-state index in [2.05, 4.69) is 0 Å². The molecule has 0 radical (unpaired) electrons. The van der Waals surface area contributed by atoms with Gasteiger partial charge in [0.25, 0.3) is 0 Å². The average Bonchev–Trinajstić information content (AvgIpc) is 3.15. The zero-order valence-corrected chi connectivity index (χ0v) is 10.9. The van der Waals surface area contributed by atoms with Gasteiger partial charge >= 0.3 is 5.97 Å². The quantitative estimate of drug-likeness (QED) is 0.795. The predicted octanol–water partition coefficient (Wildman–Crippen LogP) is 0.795. The highest BCUT2D eigenvalue weighted by atomic mass is 16.4. The van der Waals surface area contributed by atoms with E-state index in [1.54, 1.807) is 0 Å². The van der Waals surface area contributed by atoms with Gasteiger partial charge in [0.15, 0.2) is 5.75 Å². The first-order valence-electron chi connectivity index (χ1n) is 6.31. The van der Waals surface area contributed by atoms with Crippen molar-refractivity contribution in [1.29, 1.82) is 0 Å². The number of carboxylic acid groups (broad SMARTS) is 1. The molecule has 2 N–H and O–H groups in total. The Balaban J connectivity index is 2.12. The average molecular weight is 266 g/mol. The Bertz CT molecular complexity index is 534. The van der Waals surface area contributed by atoms with Gasteiger partial charge in [-0.05, 0) is 19.9 Å². The number of rotatable bonds is 6. The fourth-order valence-electron chi connectivity index (χ4n) is 2.04. The second-order valence-corrected chi connectivity index (χ2v) is 5.03. The smallest absolute Gasteiger partial charge is 0.304 e. The molecule has 1 heterocycles. The van der Waals surface area contributed by atoms with Crippen molar-refractivity contribution in [1.82, 2.24) is 9.47 Å². The van der Waals surface area contributed by atoms with Gasteiger partial charge in [-0.3, -0.25) is 9.59 Å². The molecule has 1 fully saturated rings. The van der Waals surface area contributed by atoms with E-state index in [4.69, 9.17) is 5.11 Å². The van der Waals surface area contributed by atoms with Gasteiger partial charge in [-0.15, -0.1) is 0 Å². The van der Waals surface area contributed by atoms with Gasteiger partial charge in [0, 0.05) is 30.9 Å². The molecule has 0 bridgehead atoms. The van der Waals surface area contributed by atoms with E-state index in [1.807, 2.05) is 16.5 Å². The Morgan fingerprint density at radius 1 is 1.53 bits per heavy atom. The minimum atomic E-state index is -0.836. The Labute approximate surface area is 110 Å². The Kier molecular flexibility index (Phi) is 3.90.